The maximum Gasteiger partial charge on any atom is 0.310 e. The van der Waals surface area contributed by atoms with Crippen LogP contribution < -0.4 is 0 Å². The molecule has 28 heavy (non-hydrogen) atoms. The van der Waals surface area contributed by atoms with Crippen LogP contribution in [0.15, 0.2) is 0 Å². The van der Waals surface area contributed by atoms with E-state index in [0.29, 0.717) is 13.0 Å². The molecule has 0 aromatic carbocycles. The molecule has 0 spiro atoms. The van der Waals surface area contributed by atoms with Crippen molar-refractivity contribution in [3.8, 4) is 0 Å². The lowest BCUT2D eigenvalue weighted by atomic mass is 9.91. The van der Waals surface area contributed by atoms with Crippen LogP contribution in [0.5, 0.6) is 0 Å². The van der Waals surface area contributed by atoms with E-state index >= 15 is 0 Å². The summed E-state index contributed by atoms with van der Waals surface area (Å²) in [5.74, 6) is -3.54. The normalized spacial score (nSPS) is 14.0. The first-order valence-corrected chi connectivity index (χ1v) is 10.5. The van der Waals surface area contributed by atoms with Gasteiger partial charge in [0.1, 0.15) is 6.61 Å². The third-order valence-corrected chi connectivity index (χ3v) is 4.56. The molecule has 3 atom stereocenters. The fourth-order valence-electron chi connectivity index (χ4n) is 2.46. The van der Waals surface area contributed by atoms with Gasteiger partial charge < -0.3 is 19.3 Å². The molecule has 3 unspecified atom stereocenters. The molecule has 0 amide bonds. The summed E-state index contributed by atoms with van der Waals surface area (Å²) < 4.78 is 15.5. The second-order valence-electron chi connectivity index (χ2n) is 7.09. The molecule has 164 valence electrons. The van der Waals surface area contributed by atoms with Crippen molar-refractivity contribution in [1.29, 1.82) is 0 Å². The number of carbonyl (C=O) groups excluding carboxylic acids is 3. The Morgan fingerprint density at radius 3 is 1.86 bits per heavy atom. The molecule has 0 aliphatic rings. The SMILES string of the molecule is CCCCCOC(=O)C(C)C(CC(=O)OCC(O)CC)C(=O)OCCCCC. The van der Waals surface area contributed by atoms with Gasteiger partial charge >= 0.3 is 17.9 Å². The quantitative estimate of drug-likeness (QED) is 0.240. The topological polar surface area (TPSA) is 99.1 Å². The molecule has 0 aromatic rings. The van der Waals surface area contributed by atoms with Crippen molar-refractivity contribution in [3.63, 3.8) is 0 Å². The standard InChI is InChI=1S/C21H38O7/c1-5-8-10-12-26-20(24)16(4)18(21(25)27-13-11-9-6-2)14-19(23)28-15-17(22)7-3/h16-18,22H,5-15H2,1-4H3. The minimum absolute atomic E-state index is 0.135. The van der Waals surface area contributed by atoms with Crippen molar-refractivity contribution in [2.75, 3.05) is 19.8 Å². The zero-order valence-corrected chi connectivity index (χ0v) is 17.9. The molecule has 0 radical (unpaired) electrons. The van der Waals surface area contributed by atoms with Crippen molar-refractivity contribution < 1.29 is 33.7 Å². The highest BCUT2D eigenvalue weighted by atomic mass is 16.5. The second-order valence-corrected chi connectivity index (χ2v) is 7.09. The minimum atomic E-state index is -0.966. The average Bonchev–Trinajstić information content (AvgIpc) is 2.69. The van der Waals surface area contributed by atoms with Gasteiger partial charge in [0.25, 0.3) is 0 Å². The highest BCUT2D eigenvalue weighted by Crippen LogP contribution is 2.21. The summed E-state index contributed by atoms with van der Waals surface area (Å²) in [6, 6.07) is 0. The zero-order valence-electron chi connectivity index (χ0n) is 17.9. The molecule has 0 heterocycles. The van der Waals surface area contributed by atoms with Gasteiger partial charge in [0.15, 0.2) is 0 Å². The lowest BCUT2D eigenvalue weighted by molar-refractivity contribution is -0.164. The van der Waals surface area contributed by atoms with Gasteiger partial charge in [0.2, 0.25) is 0 Å². The van der Waals surface area contributed by atoms with E-state index in [2.05, 4.69) is 6.92 Å². The first-order valence-electron chi connectivity index (χ1n) is 10.5. The van der Waals surface area contributed by atoms with Crippen LogP contribution in [0.1, 0.15) is 79.1 Å². The summed E-state index contributed by atoms with van der Waals surface area (Å²) in [4.78, 5) is 36.9. The van der Waals surface area contributed by atoms with E-state index in [9.17, 15) is 19.5 Å². The van der Waals surface area contributed by atoms with Crippen LogP contribution in [0.25, 0.3) is 0 Å². The maximum atomic E-state index is 12.5. The summed E-state index contributed by atoms with van der Waals surface area (Å²) in [7, 11) is 0. The van der Waals surface area contributed by atoms with Gasteiger partial charge in [0, 0.05) is 0 Å². The predicted molar refractivity (Wildman–Crippen MR) is 105 cm³/mol. The number of carbonyl (C=O) groups is 3. The van der Waals surface area contributed by atoms with Gasteiger partial charge in [0.05, 0.1) is 37.6 Å². The summed E-state index contributed by atoms with van der Waals surface area (Å²) >= 11 is 0. The minimum Gasteiger partial charge on any atom is -0.465 e. The molecule has 7 nitrogen and oxygen atoms in total. The number of aliphatic hydroxyl groups is 1. The smallest absolute Gasteiger partial charge is 0.310 e. The Balaban J connectivity index is 4.82. The molecule has 0 aromatic heterocycles. The number of hydrogen-bond acceptors (Lipinski definition) is 7. The Labute approximate surface area is 169 Å². The summed E-state index contributed by atoms with van der Waals surface area (Å²) in [5.41, 5.74) is 0. The van der Waals surface area contributed by atoms with Crippen LogP contribution in [0, 0.1) is 11.8 Å². The molecule has 0 aliphatic carbocycles. The highest BCUT2D eigenvalue weighted by molar-refractivity contribution is 5.85. The molecule has 7 heteroatoms. The Kier molecular flexibility index (Phi) is 15.4. The van der Waals surface area contributed by atoms with Crippen LogP contribution in [0.3, 0.4) is 0 Å². The van der Waals surface area contributed by atoms with Crippen molar-refractivity contribution in [2.24, 2.45) is 11.8 Å². The predicted octanol–water partition coefficient (Wildman–Crippen LogP) is 3.41. The Hall–Kier alpha value is -1.63. The van der Waals surface area contributed by atoms with Crippen molar-refractivity contribution in [3.05, 3.63) is 0 Å². The number of hydrogen-bond donors (Lipinski definition) is 1. The molecule has 0 fully saturated rings. The first-order chi connectivity index (χ1) is 13.4. The zero-order chi connectivity index (χ0) is 21.4. The Morgan fingerprint density at radius 1 is 0.821 bits per heavy atom. The Bertz CT molecular complexity index is 450. The molecule has 0 saturated heterocycles. The third-order valence-electron chi connectivity index (χ3n) is 4.56. The van der Waals surface area contributed by atoms with Gasteiger partial charge in [-0.3, -0.25) is 14.4 Å². The maximum absolute atomic E-state index is 12.5. The van der Waals surface area contributed by atoms with Crippen molar-refractivity contribution in [1.82, 2.24) is 0 Å². The number of esters is 3. The third kappa shape index (κ3) is 12.0. The van der Waals surface area contributed by atoms with Gasteiger partial charge in [-0.1, -0.05) is 53.4 Å². The van der Waals surface area contributed by atoms with Crippen LogP contribution in [0.2, 0.25) is 0 Å². The van der Waals surface area contributed by atoms with Crippen LogP contribution in [-0.4, -0.2) is 48.9 Å². The molecular weight excluding hydrogens is 364 g/mol. The number of unbranched alkanes of at least 4 members (excludes halogenated alkanes) is 4. The molecule has 0 saturated carbocycles. The fourth-order valence-corrected chi connectivity index (χ4v) is 2.46. The lowest BCUT2D eigenvalue weighted by Gasteiger charge is -2.21. The summed E-state index contributed by atoms with van der Waals surface area (Å²) in [6.45, 7) is 7.84. The largest absolute Gasteiger partial charge is 0.465 e. The van der Waals surface area contributed by atoms with Crippen LogP contribution in [0.4, 0.5) is 0 Å². The van der Waals surface area contributed by atoms with E-state index in [0.717, 1.165) is 38.5 Å². The van der Waals surface area contributed by atoms with E-state index < -0.39 is 35.8 Å². The van der Waals surface area contributed by atoms with Crippen LogP contribution >= 0.6 is 0 Å². The van der Waals surface area contributed by atoms with E-state index in [-0.39, 0.29) is 19.6 Å². The van der Waals surface area contributed by atoms with Crippen molar-refractivity contribution >= 4 is 17.9 Å². The van der Waals surface area contributed by atoms with Gasteiger partial charge in [-0.15, -0.1) is 0 Å². The van der Waals surface area contributed by atoms with E-state index in [1.54, 1.807) is 13.8 Å². The van der Waals surface area contributed by atoms with Crippen LogP contribution in [-0.2, 0) is 28.6 Å². The Morgan fingerprint density at radius 2 is 1.36 bits per heavy atom. The number of aliphatic hydroxyl groups excluding tert-OH is 1. The monoisotopic (exact) mass is 402 g/mol. The molecule has 0 aliphatic heterocycles. The van der Waals surface area contributed by atoms with Gasteiger partial charge in [-0.2, -0.15) is 0 Å². The average molecular weight is 403 g/mol. The molecule has 0 bridgehead atoms. The summed E-state index contributed by atoms with van der Waals surface area (Å²) in [6.07, 6.45) is 4.81. The van der Waals surface area contributed by atoms with Gasteiger partial charge in [-0.05, 0) is 19.3 Å². The van der Waals surface area contributed by atoms with E-state index in [4.69, 9.17) is 14.2 Å². The van der Waals surface area contributed by atoms with E-state index in [1.807, 2.05) is 6.92 Å². The highest BCUT2D eigenvalue weighted by Gasteiger charge is 2.35. The lowest BCUT2D eigenvalue weighted by Crippen LogP contribution is -2.33. The number of rotatable bonds is 16. The second kappa shape index (κ2) is 16.3. The number of ether oxygens (including phenoxy) is 3. The first kappa shape index (κ1) is 26.4. The van der Waals surface area contributed by atoms with Gasteiger partial charge in [-0.25, -0.2) is 0 Å². The van der Waals surface area contributed by atoms with Crippen molar-refractivity contribution in [2.45, 2.75) is 85.2 Å². The molecule has 0 rings (SSSR count). The fraction of sp³-hybridized carbons (Fsp3) is 0.857. The van der Waals surface area contributed by atoms with E-state index in [1.165, 1.54) is 0 Å². The molecular formula is C21H38O7. The summed E-state index contributed by atoms with van der Waals surface area (Å²) in [5, 5.41) is 9.51. The molecule has 1 N–H and O–H groups in total.